The van der Waals surface area contributed by atoms with E-state index < -0.39 is 16.9 Å². The Labute approximate surface area is 125 Å². The number of Topliss-reactive ketones (excluding diaryl/α,β-unsaturated/α-hetero) is 2. The first kappa shape index (κ1) is 13.9. The highest BCUT2D eigenvalue weighted by Crippen LogP contribution is 2.71. The van der Waals surface area contributed by atoms with Crippen LogP contribution < -0.4 is 0 Å². The summed E-state index contributed by atoms with van der Waals surface area (Å²) < 4.78 is 0. The Morgan fingerprint density at radius 3 is 2.71 bits per heavy atom. The van der Waals surface area contributed by atoms with Crippen molar-refractivity contribution in [3.8, 4) is 0 Å². The van der Waals surface area contributed by atoms with E-state index in [1.807, 2.05) is 0 Å². The van der Waals surface area contributed by atoms with Gasteiger partial charge in [0.05, 0.1) is 11.5 Å². The van der Waals surface area contributed by atoms with E-state index in [0.717, 1.165) is 38.8 Å². The second-order valence-corrected chi connectivity index (χ2v) is 7.91. The summed E-state index contributed by atoms with van der Waals surface area (Å²) in [7, 11) is 2.07. The summed E-state index contributed by atoms with van der Waals surface area (Å²) in [4.78, 5) is 28.1. The van der Waals surface area contributed by atoms with Gasteiger partial charge in [0, 0.05) is 24.8 Å². The summed E-state index contributed by atoms with van der Waals surface area (Å²) >= 11 is 0. The van der Waals surface area contributed by atoms with Gasteiger partial charge in [0.1, 0.15) is 11.6 Å². The molecular weight excluding hydrogens is 266 g/mol. The molecule has 21 heavy (non-hydrogen) atoms. The number of nitrogens with zero attached hydrogens (tertiary/aromatic N) is 1. The van der Waals surface area contributed by atoms with E-state index in [9.17, 15) is 14.7 Å². The molecular formula is C17H25NO3. The van der Waals surface area contributed by atoms with Crippen LogP contribution in [0.15, 0.2) is 0 Å². The van der Waals surface area contributed by atoms with Crippen LogP contribution in [0.3, 0.4) is 0 Å². The average molecular weight is 291 g/mol. The maximum absolute atomic E-state index is 12.9. The maximum Gasteiger partial charge on any atom is 0.142 e. The molecule has 4 bridgehead atoms. The Morgan fingerprint density at radius 1 is 1.14 bits per heavy atom. The lowest BCUT2D eigenvalue weighted by molar-refractivity contribution is -0.180. The number of aliphatic hydroxyl groups excluding tert-OH is 1. The predicted octanol–water partition coefficient (Wildman–Crippen LogP) is 1.41. The molecule has 0 aromatic rings. The summed E-state index contributed by atoms with van der Waals surface area (Å²) in [6.07, 6.45) is 4.73. The average Bonchev–Trinajstić information content (AvgIpc) is 2.62. The van der Waals surface area contributed by atoms with Crippen molar-refractivity contribution < 1.29 is 14.7 Å². The van der Waals surface area contributed by atoms with Crippen LogP contribution in [0.2, 0.25) is 0 Å². The van der Waals surface area contributed by atoms with Gasteiger partial charge in [-0.3, -0.25) is 9.59 Å². The molecule has 1 aliphatic heterocycles. The molecule has 0 radical (unpaired) electrons. The topological polar surface area (TPSA) is 57.6 Å². The van der Waals surface area contributed by atoms with Gasteiger partial charge in [-0.25, -0.2) is 0 Å². The second kappa shape index (κ2) is 4.39. The number of carbonyl (C=O) groups excluding carboxylic acids is 2. The first-order valence-electron chi connectivity index (χ1n) is 8.44. The standard InChI is InChI=1S/C17H25NO3/c1-18-5-2-4-16-12-7-11(8-14(16)20)10-17(16,15(21)9-12)13(19)3-6-18/h11-13,19H,2-10H2,1H3/t11?,12-,13-,16+,17-/m0/s1. The molecule has 0 aromatic heterocycles. The van der Waals surface area contributed by atoms with Crippen molar-refractivity contribution in [1.82, 2.24) is 4.90 Å². The van der Waals surface area contributed by atoms with E-state index in [-0.39, 0.29) is 11.7 Å². The third-order valence-electron chi connectivity index (χ3n) is 7.09. The number of fused-ring (bicyclic) bond motifs is 1. The van der Waals surface area contributed by atoms with E-state index in [4.69, 9.17) is 0 Å². The first-order valence-corrected chi connectivity index (χ1v) is 8.44. The van der Waals surface area contributed by atoms with Crippen LogP contribution in [0.1, 0.15) is 44.9 Å². The van der Waals surface area contributed by atoms with Crippen LogP contribution in [0, 0.1) is 22.7 Å². The zero-order chi connectivity index (χ0) is 14.8. The number of rotatable bonds is 0. The number of hydrogen-bond acceptors (Lipinski definition) is 4. The summed E-state index contributed by atoms with van der Waals surface area (Å²) in [6, 6.07) is 0. The fraction of sp³-hybridized carbons (Fsp3) is 0.882. The second-order valence-electron chi connectivity index (χ2n) is 7.91. The van der Waals surface area contributed by atoms with Gasteiger partial charge >= 0.3 is 0 Å². The van der Waals surface area contributed by atoms with Crippen LogP contribution in [0.5, 0.6) is 0 Å². The molecule has 5 fully saturated rings. The smallest absolute Gasteiger partial charge is 0.142 e. The van der Waals surface area contributed by atoms with Gasteiger partial charge in [-0.2, -0.15) is 0 Å². The predicted molar refractivity (Wildman–Crippen MR) is 77.7 cm³/mol. The third kappa shape index (κ3) is 1.53. The molecule has 5 rings (SSSR count). The maximum atomic E-state index is 12.9. The molecule has 0 aromatic carbocycles. The lowest BCUT2D eigenvalue weighted by atomic mass is 9.43. The zero-order valence-electron chi connectivity index (χ0n) is 12.8. The zero-order valence-corrected chi connectivity index (χ0v) is 12.8. The number of ketones is 2. The van der Waals surface area contributed by atoms with Crippen molar-refractivity contribution in [3.63, 3.8) is 0 Å². The Kier molecular flexibility index (Phi) is 2.90. The summed E-state index contributed by atoms with van der Waals surface area (Å²) in [5.41, 5.74) is -1.26. The van der Waals surface area contributed by atoms with Crippen molar-refractivity contribution in [2.75, 3.05) is 20.1 Å². The molecule has 1 heterocycles. The fourth-order valence-electron chi connectivity index (χ4n) is 6.31. The Balaban J connectivity index is 1.86. The lowest BCUT2D eigenvalue weighted by Gasteiger charge is -2.58. The quantitative estimate of drug-likeness (QED) is 0.733. The van der Waals surface area contributed by atoms with Crippen molar-refractivity contribution in [2.24, 2.45) is 22.7 Å². The first-order chi connectivity index (χ1) is 10.0. The van der Waals surface area contributed by atoms with Gasteiger partial charge in [-0.15, -0.1) is 0 Å². The molecule has 4 saturated carbocycles. The Morgan fingerprint density at radius 2 is 1.90 bits per heavy atom. The molecule has 1 spiro atoms. The minimum Gasteiger partial charge on any atom is -0.392 e. The summed E-state index contributed by atoms with van der Waals surface area (Å²) in [5.74, 6) is 1.04. The summed E-state index contributed by atoms with van der Waals surface area (Å²) in [5, 5.41) is 10.9. The molecule has 1 unspecified atom stereocenters. The van der Waals surface area contributed by atoms with E-state index in [0.29, 0.717) is 31.0 Å². The number of aliphatic hydroxyl groups is 1. The molecule has 0 amide bonds. The monoisotopic (exact) mass is 291 g/mol. The molecule has 116 valence electrons. The van der Waals surface area contributed by atoms with E-state index >= 15 is 0 Å². The number of carbonyl (C=O) groups is 2. The molecule has 4 heteroatoms. The minimum atomic E-state index is -0.735. The van der Waals surface area contributed by atoms with Crippen LogP contribution in [-0.4, -0.2) is 47.8 Å². The fourth-order valence-corrected chi connectivity index (χ4v) is 6.31. The number of hydrogen-bond donors (Lipinski definition) is 1. The Bertz CT molecular complexity index is 496. The van der Waals surface area contributed by atoms with Crippen molar-refractivity contribution in [3.05, 3.63) is 0 Å². The van der Waals surface area contributed by atoms with Gasteiger partial charge in [0.2, 0.25) is 0 Å². The van der Waals surface area contributed by atoms with Crippen LogP contribution in [0.4, 0.5) is 0 Å². The highest BCUT2D eigenvalue weighted by atomic mass is 16.3. The molecule has 1 saturated heterocycles. The molecule has 4 nitrogen and oxygen atoms in total. The van der Waals surface area contributed by atoms with E-state index in [2.05, 4.69) is 11.9 Å². The van der Waals surface area contributed by atoms with Crippen molar-refractivity contribution >= 4 is 11.6 Å². The molecule has 5 atom stereocenters. The highest BCUT2D eigenvalue weighted by molar-refractivity contribution is 6.02. The Hall–Kier alpha value is -0.740. The third-order valence-corrected chi connectivity index (χ3v) is 7.09. The minimum absolute atomic E-state index is 0.195. The van der Waals surface area contributed by atoms with Crippen molar-refractivity contribution in [2.45, 2.75) is 51.0 Å². The van der Waals surface area contributed by atoms with Gasteiger partial charge in [-0.1, -0.05) is 0 Å². The van der Waals surface area contributed by atoms with E-state index in [1.54, 1.807) is 0 Å². The van der Waals surface area contributed by atoms with Crippen LogP contribution in [0.25, 0.3) is 0 Å². The van der Waals surface area contributed by atoms with Crippen LogP contribution in [-0.2, 0) is 9.59 Å². The normalized spacial score (nSPS) is 50.5. The van der Waals surface area contributed by atoms with Gasteiger partial charge < -0.3 is 10.0 Å². The van der Waals surface area contributed by atoms with Gasteiger partial charge in [-0.05, 0) is 57.5 Å². The SMILES string of the molecule is CN1CCC[C@]23C(=O)CC4C[C@H]2CC(=O)[C@]3(C4)[C@@H](O)CC1. The highest BCUT2D eigenvalue weighted by Gasteiger charge is 2.75. The molecule has 5 aliphatic rings. The van der Waals surface area contributed by atoms with Crippen molar-refractivity contribution in [1.29, 1.82) is 0 Å². The largest absolute Gasteiger partial charge is 0.392 e. The summed E-state index contributed by atoms with van der Waals surface area (Å²) in [6.45, 7) is 1.78. The molecule has 1 N–H and O–H groups in total. The molecule has 4 aliphatic carbocycles. The van der Waals surface area contributed by atoms with Crippen LogP contribution >= 0.6 is 0 Å². The van der Waals surface area contributed by atoms with Gasteiger partial charge in [0.25, 0.3) is 0 Å². The van der Waals surface area contributed by atoms with Gasteiger partial charge in [0.15, 0.2) is 0 Å². The lowest BCUT2D eigenvalue weighted by Crippen LogP contribution is -2.63. The van der Waals surface area contributed by atoms with E-state index in [1.165, 1.54) is 0 Å².